The number of hydrogen-bond acceptors (Lipinski definition) is 8. The van der Waals surface area contributed by atoms with Crippen LogP contribution in [0, 0.1) is 22.7 Å². The Balaban J connectivity index is 1.71. The van der Waals surface area contributed by atoms with E-state index < -0.39 is 0 Å². The van der Waals surface area contributed by atoms with Gasteiger partial charge in [0.2, 0.25) is 5.78 Å². The summed E-state index contributed by atoms with van der Waals surface area (Å²) in [5, 5.41) is 27.9. The minimum Gasteiger partial charge on any atom is -0.378 e. The molecule has 1 saturated heterocycles. The summed E-state index contributed by atoms with van der Waals surface area (Å²) in [6.45, 7) is 2.60. The first kappa shape index (κ1) is 20.4. The van der Waals surface area contributed by atoms with Gasteiger partial charge in [0.25, 0.3) is 0 Å². The zero-order valence-electron chi connectivity index (χ0n) is 16.5. The van der Waals surface area contributed by atoms with Crippen LogP contribution in [0.1, 0.15) is 26.4 Å². The number of thiophene rings is 1. The van der Waals surface area contributed by atoms with E-state index in [1.165, 1.54) is 17.4 Å². The zero-order chi connectivity index (χ0) is 21.6. The van der Waals surface area contributed by atoms with E-state index in [1.807, 2.05) is 30.3 Å². The number of anilines is 1. The number of nitrogens with zero attached hydrogens (tertiary/aromatic N) is 5. The van der Waals surface area contributed by atoms with Crippen LogP contribution in [0.25, 0.3) is 0 Å². The van der Waals surface area contributed by atoms with Crippen molar-refractivity contribution in [1.29, 1.82) is 10.5 Å². The fourth-order valence-electron chi connectivity index (χ4n) is 3.17. The van der Waals surface area contributed by atoms with Crippen molar-refractivity contribution < 1.29 is 9.53 Å². The lowest BCUT2D eigenvalue weighted by molar-refractivity contribution is 0.104. The first-order chi connectivity index (χ1) is 15.2. The summed E-state index contributed by atoms with van der Waals surface area (Å²) in [7, 11) is 0. The van der Waals surface area contributed by atoms with Crippen molar-refractivity contribution in [1.82, 2.24) is 0 Å². The summed E-state index contributed by atoms with van der Waals surface area (Å²) in [5.74, 6) is -0.0716. The molecule has 3 aromatic rings. The van der Waals surface area contributed by atoms with E-state index in [-0.39, 0.29) is 11.3 Å². The molecule has 2 heterocycles. The maximum atomic E-state index is 13.0. The normalized spacial score (nSPS) is 13.7. The molecule has 0 unspecified atom stereocenters. The maximum Gasteiger partial charge on any atom is 0.203 e. The third-order valence-corrected chi connectivity index (χ3v) is 5.95. The van der Waals surface area contributed by atoms with Crippen molar-refractivity contribution in [3.8, 4) is 12.1 Å². The molecule has 0 N–H and O–H groups in total. The minimum atomic E-state index is -0.0716. The van der Waals surface area contributed by atoms with Gasteiger partial charge in [-0.05, 0) is 24.3 Å². The number of rotatable bonds is 5. The Labute approximate surface area is 183 Å². The molecule has 1 aromatic heterocycles. The maximum absolute atomic E-state index is 13.0. The molecule has 0 bridgehead atoms. The summed E-state index contributed by atoms with van der Waals surface area (Å²) in [6.07, 6.45) is 0. The highest BCUT2D eigenvalue weighted by molar-refractivity contribution is 7.18. The van der Waals surface area contributed by atoms with E-state index in [2.05, 4.69) is 15.1 Å². The number of nitriles is 2. The van der Waals surface area contributed by atoms with E-state index in [1.54, 1.807) is 30.3 Å². The van der Waals surface area contributed by atoms with Crippen molar-refractivity contribution in [3.63, 3.8) is 0 Å². The highest BCUT2D eigenvalue weighted by atomic mass is 32.1. The van der Waals surface area contributed by atoms with Gasteiger partial charge in [-0.15, -0.1) is 21.6 Å². The second-order valence-electron chi connectivity index (χ2n) is 6.75. The molecule has 152 valence electrons. The Kier molecular flexibility index (Phi) is 6.13. The molecule has 2 aromatic carbocycles. The second kappa shape index (κ2) is 9.31. The lowest BCUT2D eigenvalue weighted by atomic mass is 10.1. The van der Waals surface area contributed by atoms with E-state index in [4.69, 9.17) is 10.00 Å². The third-order valence-electron chi connectivity index (χ3n) is 4.76. The van der Waals surface area contributed by atoms with Gasteiger partial charge in [0.15, 0.2) is 0 Å². The second-order valence-corrected chi connectivity index (χ2v) is 7.78. The van der Waals surface area contributed by atoms with Gasteiger partial charge < -0.3 is 9.64 Å². The van der Waals surface area contributed by atoms with Crippen molar-refractivity contribution in [3.05, 3.63) is 76.2 Å². The quantitative estimate of drug-likeness (QED) is 0.422. The number of ketones is 1. The summed E-state index contributed by atoms with van der Waals surface area (Å²) in [4.78, 5) is 15.7. The number of azo groups is 1. The molecule has 0 atom stereocenters. The number of benzene rings is 2. The molecule has 1 aliphatic heterocycles. The molecule has 7 nitrogen and oxygen atoms in total. The largest absolute Gasteiger partial charge is 0.378 e. The topological polar surface area (TPSA) is 102 Å². The summed E-state index contributed by atoms with van der Waals surface area (Å²) in [6, 6.07) is 19.6. The van der Waals surface area contributed by atoms with Crippen molar-refractivity contribution in [2.45, 2.75) is 0 Å². The SMILES string of the molecule is N#Cc1ccc(N=Nc2cc(C(=O)c3ccccc3)sc2N2CCOCC2)c(C#N)c1. The molecule has 4 rings (SSSR count). The smallest absolute Gasteiger partial charge is 0.203 e. The van der Waals surface area contributed by atoms with E-state index in [9.17, 15) is 10.1 Å². The van der Waals surface area contributed by atoms with E-state index in [0.29, 0.717) is 53.7 Å². The summed E-state index contributed by atoms with van der Waals surface area (Å²) < 4.78 is 5.45. The molecular formula is C23H17N5O2S. The van der Waals surface area contributed by atoms with Crippen LogP contribution in [-0.2, 0) is 4.74 Å². The average Bonchev–Trinajstić information content (AvgIpc) is 3.27. The summed E-state index contributed by atoms with van der Waals surface area (Å²) >= 11 is 1.38. The predicted octanol–water partition coefficient (Wildman–Crippen LogP) is 4.97. The molecule has 0 amide bonds. The Morgan fingerprint density at radius 3 is 2.42 bits per heavy atom. The van der Waals surface area contributed by atoms with Crippen LogP contribution in [0.2, 0.25) is 0 Å². The average molecular weight is 427 g/mol. The van der Waals surface area contributed by atoms with E-state index >= 15 is 0 Å². The van der Waals surface area contributed by atoms with Crippen LogP contribution in [0.4, 0.5) is 16.4 Å². The van der Waals surface area contributed by atoms with Gasteiger partial charge in [-0.3, -0.25) is 4.79 Å². The number of carbonyl (C=O) groups is 1. The molecule has 0 saturated carbocycles. The molecule has 1 aliphatic rings. The number of morpholine rings is 1. The fraction of sp³-hybridized carbons (Fsp3) is 0.174. The van der Waals surface area contributed by atoms with Gasteiger partial charge in [0.1, 0.15) is 22.4 Å². The Bertz CT molecular complexity index is 1210. The van der Waals surface area contributed by atoms with Gasteiger partial charge in [-0.2, -0.15) is 10.5 Å². The molecule has 0 radical (unpaired) electrons. The van der Waals surface area contributed by atoms with Crippen LogP contribution >= 0.6 is 11.3 Å². The van der Waals surface area contributed by atoms with Gasteiger partial charge >= 0.3 is 0 Å². The number of hydrogen-bond donors (Lipinski definition) is 0. The lowest BCUT2D eigenvalue weighted by Gasteiger charge is -2.27. The van der Waals surface area contributed by atoms with Crippen molar-refractivity contribution in [2.24, 2.45) is 10.2 Å². The van der Waals surface area contributed by atoms with Crippen LogP contribution in [0.3, 0.4) is 0 Å². The predicted molar refractivity (Wildman–Crippen MR) is 117 cm³/mol. The van der Waals surface area contributed by atoms with Crippen LogP contribution in [-0.4, -0.2) is 32.1 Å². The van der Waals surface area contributed by atoms with Crippen LogP contribution < -0.4 is 4.90 Å². The van der Waals surface area contributed by atoms with Gasteiger partial charge in [0, 0.05) is 18.7 Å². The van der Waals surface area contributed by atoms with E-state index in [0.717, 1.165) is 5.00 Å². The third kappa shape index (κ3) is 4.51. The highest BCUT2D eigenvalue weighted by Gasteiger charge is 2.22. The summed E-state index contributed by atoms with van der Waals surface area (Å²) in [5.41, 5.74) is 2.21. The van der Waals surface area contributed by atoms with Crippen molar-refractivity contribution in [2.75, 3.05) is 31.2 Å². The van der Waals surface area contributed by atoms with Crippen molar-refractivity contribution >= 4 is 33.5 Å². The molecule has 31 heavy (non-hydrogen) atoms. The standard InChI is InChI=1S/C23H17N5O2S/c24-14-16-6-7-19(18(12-16)15-25)26-27-20-13-21(22(29)17-4-2-1-3-5-17)31-23(20)28-8-10-30-11-9-28/h1-7,12-13H,8-11H2. The first-order valence-electron chi connectivity index (χ1n) is 9.62. The Morgan fingerprint density at radius 2 is 1.71 bits per heavy atom. The van der Waals surface area contributed by atoms with Crippen LogP contribution in [0.5, 0.6) is 0 Å². The number of ether oxygens (including phenoxy) is 1. The van der Waals surface area contributed by atoms with Gasteiger partial charge in [-0.1, -0.05) is 30.3 Å². The fourth-order valence-corrected chi connectivity index (χ4v) is 4.28. The molecule has 0 aliphatic carbocycles. The zero-order valence-corrected chi connectivity index (χ0v) is 17.3. The Morgan fingerprint density at radius 1 is 0.968 bits per heavy atom. The molecule has 8 heteroatoms. The Hall–Kier alpha value is -3.85. The number of carbonyl (C=O) groups excluding carboxylic acids is 1. The molecule has 0 spiro atoms. The first-order valence-corrected chi connectivity index (χ1v) is 10.4. The van der Waals surface area contributed by atoms with Crippen LogP contribution in [0.15, 0.2) is 64.8 Å². The molecular weight excluding hydrogens is 410 g/mol. The van der Waals surface area contributed by atoms with Gasteiger partial charge in [0.05, 0.1) is 35.3 Å². The monoisotopic (exact) mass is 427 g/mol. The van der Waals surface area contributed by atoms with Gasteiger partial charge in [-0.25, -0.2) is 0 Å². The molecule has 1 fully saturated rings. The highest BCUT2D eigenvalue weighted by Crippen LogP contribution is 2.40. The lowest BCUT2D eigenvalue weighted by Crippen LogP contribution is -2.35. The minimum absolute atomic E-state index is 0.0716.